The van der Waals surface area contributed by atoms with E-state index in [0.717, 1.165) is 39.8 Å². The summed E-state index contributed by atoms with van der Waals surface area (Å²) in [6.07, 6.45) is 0. The van der Waals surface area contributed by atoms with Crippen LogP contribution in [0.2, 0.25) is 5.02 Å². The lowest BCUT2D eigenvalue weighted by atomic mass is 9.85. The largest absolute Gasteiger partial charge is 0.307 e. The molecule has 10 rings (SSSR count). The molecule has 0 radical (unpaired) electrons. The predicted molar refractivity (Wildman–Crippen MR) is 239 cm³/mol. The fourth-order valence-electron chi connectivity index (χ4n) is 8.44. The van der Waals surface area contributed by atoms with Crippen LogP contribution in [0.5, 0.6) is 0 Å². The van der Waals surface area contributed by atoms with Crippen molar-refractivity contribution in [3.8, 4) is 5.69 Å². The summed E-state index contributed by atoms with van der Waals surface area (Å²) >= 11 is 9.86. The van der Waals surface area contributed by atoms with Crippen LogP contribution in [0.25, 0.3) is 47.7 Å². The Balaban J connectivity index is 1.29. The summed E-state index contributed by atoms with van der Waals surface area (Å²) in [6.45, 7) is 13.7. The molecule has 9 aromatic rings. The molecule has 7 aromatic carbocycles. The molecule has 0 fully saturated rings. The van der Waals surface area contributed by atoms with Gasteiger partial charge < -0.3 is 14.4 Å². The highest BCUT2D eigenvalue weighted by atomic mass is 35.5. The first kappa shape index (κ1) is 34.0. The number of benzene rings is 7. The lowest BCUT2D eigenvalue weighted by molar-refractivity contribution is 0.590. The molecule has 3 nitrogen and oxygen atoms in total. The topological polar surface area (TPSA) is 11.4 Å². The Morgan fingerprint density at radius 1 is 0.509 bits per heavy atom. The second kappa shape index (κ2) is 12.2. The Morgan fingerprint density at radius 2 is 1.13 bits per heavy atom. The van der Waals surface area contributed by atoms with Crippen LogP contribution in [0.3, 0.4) is 0 Å². The van der Waals surface area contributed by atoms with Crippen LogP contribution in [-0.2, 0) is 10.8 Å². The Morgan fingerprint density at radius 3 is 1.89 bits per heavy atom. The maximum absolute atomic E-state index is 8.01. The number of anilines is 6. The van der Waals surface area contributed by atoms with Crippen molar-refractivity contribution in [2.24, 2.45) is 0 Å². The summed E-state index contributed by atoms with van der Waals surface area (Å²) in [7, 11) is 0. The van der Waals surface area contributed by atoms with Gasteiger partial charge in [-0.15, -0.1) is 11.3 Å². The maximum Gasteiger partial charge on any atom is 0.0887 e. The summed E-state index contributed by atoms with van der Waals surface area (Å²) in [4.78, 5) is 4.80. The number of aromatic nitrogens is 1. The third kappa shape index (κ3) is 5.22. The van der Waals surface area contributed by atoms with Crippen LogP contribution in [0.1, 0.15) is 52.7 Å². The van der Waals surface area contributed by atoms with Crippen LogP contribution in [0, 0.1) is 0 Å². The van der Waals surface area contributed by atoms with Gasteiger partial charge in [-0.05, 0) is 82.6 Å². The first-order chi connectivity index (χ1) is 26.5. The van der Waals surface area contributed by atoms with Gasteiger partial charge in [-0.2, -0.15) is 0 Å². The van der Waals surface area contributed by atoms with Crippen LogP contribution in [0.15, 0.2) is 146 Å². The van der Waals surface area contributed by atoms with E-state index in [9.17, 15) is 0 Å². The molecule has 0 saturated heterocycles. The number of para-hydroxylation sites is 4. The predicted octanol–water partition coefficient (Wildman–Crippen LogP) is 15.7. The minimum Gasteiger partial charge on any atom is -0.307 e. The van der Waals surface area contributed by atoms with Crippen molar-refractivity contribution in [2.75, 3.05) is 9.80 Å². The summed E-state index contributed by atoms with van der Waals surface area (Å²) in [5, 5.41) is 5.70. The standard InChI is InChI=1S/C50H42ClN3S/c1-49(2,3)31-25-27-33(28-26-31)52(42-23-14-18-37-35-16-8-12-24-45(35)55-48(37)42)43-29-32(50(4,5)6)30-44(46(43)51)53-39-20-10-11-21-40(39)54-38-19-9-7-15-34(38)36-17-13-22-41(53)47(36)54/h7-30H,1-6H3. The van der Waals surface area contributed by atoms with Gasteiger partial charge in [0.15, 0.2) is 0 Å². The normalized spacial score (nSPS) is 13.0. The third-order valence-corrected chi connectivity index (χ3v) is 12.9. The molecule has 0 atom stereocenters. The second-order valence-electron chi connectivity index (χ2n) is 16.8. The van der Waals surface area contributed by atoms with Crippen molar-refractivity contribution < 1.29 is 0 Å². The maximum atomic E-state index is 8.01. The molecular formula is C50H42ClN3S. The van der Waals surface area contributed by atoms with Gasteiger partial charge in [0.25, 0.3) is 0 Å². The number of fused-ring (bicyclic) bond motifs is 8. The van der Waals surface area contributed by atoms with E-state index >= 15 is 0 Å². The lowest BCUT2D eigenvalue weighted by Crippen LogP contribution is -2.21. The van der Waals surface area contributed by atoms with Gasteiger partial charge in [-0.1, -0.05) is 138 Å². The first-order valence-corrected chi connectivity index (χ1v) is 20.3. The molecule has 0 amide bonds. The zero-order chi connectivity index (χ0) is 37.8. The molecule has 1 aliphatic rings. The molecule has 3 heterocycles. The van der Waals surface area contributed by atoms with E-state index in [-0.39, 0.29) is 10.8 Å². The SMILES string of the molecule is CC(C)(C)c1ccc(N(c2cc(C(C)(C)C)cc(N3c4ccccc4-n4c5ccccc5c5cccc3c54)c2Cl)c2cccc3c2sc2ccccc23)cc1. The van der Waals surface area contributed by atoms with Crippen molar-refractivity contribution in [1.29, 1.82) is 0 Å². The molecule has 0 bridgehead atoms. The Kier molecular flexibility index (Phi) is 7.55. The summed E-state index contributed by atoms with van der Waals surface area (Å²) < 4.78 is 4.94. The fourth-order valence-corrected chi connectivity index (χ4v) is 9.93. The molecule has 0 unspecified atom stereocenters. The van der Waals surface area contributed by atoms with Gasteiger partial charge in [0.05, 0.1) is 54.9 Å². The van der Waals surface area contributed by atoms with E-state index in [4.69, 9.17) is 11.6 Å². The molecule has 2 aromatic heterocycles. The lowest BCUT2D eigenvalue weighted by Gasteiger charge is -2.36. The average molecular weight is 752 g/mol. The number of thiophene rings is 1. The number of halogens is 1. The molecular weight excluding hydrogens is 710 g/mol. The zero-order valence-electron chi connectivity index (χ0n) is 32.0. The Hall–Kier alpha value is -5.55. The number of hydrogen-bond donors (Lipinski definition) is 0. The van der Waals surface area contributed by atoms with E-state index in [1.165, 1.54) is 53.1 Å². The highest BCUT2D eigenvalue weighted by Crippen LogP contribution is 2.55. The fraction of sp³-hybridized carbons (Fsp3) is 0.160. The van der Waals surface area contributed by atoms with Gasteiger partial charge in [0.1, 0.15) is 0 Å². The molecule has 0 aliphatic carbocycles. The smallest absolute Gasteiger partial charge is 0.0887 e. The zero-order valence-corrected chi connectivity index (χ0v) is 33.6. The van der Waals surface area contributed by atoms with E-state index in [1.807, 2.05) is 11.3 Å². The van der Waals surface area contributed by atoms with Gasteiger partial charge in [-0.25, -0.2) is 0 Å². The van der Waals surface area contributed by atoms with Gasteiger partial charge in [-0.3, -0.25) is 0 Å². The highest BCUT2D eigenvalue weighted by molar-refractivity contribution is 7.26. The van der Waals surface area contributed by atoms with Gasteiger partial charge in [0, 0.05) is 31.9 Å². The molecule has 0 N–H and O–H groups in total. The second-order valence-corrected chi connectivity index (χ2v) is 18.2. The van der Waals surface area contributed by atoms with E-state index < -0.39 is 0 Å². The summed E-state index contributed by atoms with van der Waals surface area (Å²) in [5.41, 5.74) is 12.2. The minimum atomic E-state index is -0.171. The number of hydrogen-bond acceptors (Lipinski definition) is 3. The molecule has 270 valence electrons. The molecule has 0 saturated carbocycles. The average Bonchev–Trinajstić information content (AvgIpc) is 3.73. The Labute approximate surface area is 331 Å². The van der Waals surface area contributed by atoms with Crippen LogP contribution < -0.4 is 9.80 Å². The van der Waals surface area contributed by atoms with Crippen molar-refractivity contribution in [3.63, 3.8) is 0 Å². The van der Waals surface area contributed by atoms with Crippen molar-refractivity contribution in [3.05, 3.63) is 162 Å². The quantitative estimate of drug-likeness (QED) is 0.177. The van der Waals surface area contributed by atoms with Crippen LogP contribution >= 0.6 is 22.9 Å². The van der Waals surface area contributed by atoms with E-state index in [2.05, 4.69) is 202 Å². The summed E-state index contributed by atoms with van der Waals surface area (Å²) in [6, 6.07) is 53.3. The number of nitrogens with zero attached hydrogens (tertiary/aromatic N) is 3. The van der Waals surface area contributed by atoms with E-state index in [0.29, 0.717) is 5.02 Å². The van der Waals surface area contributed by atoms with Crippen molar-refractivity contribution in [1.82, 2.24) is 4.57 Å². The molecule has 5 heteroatoms. The van der Waals surface area contributed by atoms with Gasteiger partial charge >= 0.3 is 0 Å². The molecule has 55 heavy (non-hydrogen) atoms. The number of rotatable bonds is 4. The highest BCUT2D eigenvalue weighted by Gasteiger charge is 2.33. The minimum absolute atomic E-state index is 0.0248. The van der Waals surface area contributed by atoms with E-state index in [1.54, 1.807) is 0 Å². The van der Waals surface area contributed by atoms with Crippen LogP contribution in [0.4, 0.5) is 34.1 Å². The Bertz CT molecular complexity index is 2970. The molecule has 1 aliphatic heterocycles. The molecule has 0 spiro atoms. The van der Waals surface area contributed by atoms with Crippen molar-refractivity contribution in [2.45, 2.75) is 52.4 Å². The van der Waals surface area contributed by atoms with Crippen LogP contribution in [-0.4, -0.2) is 4.57 Å². The third-order valence-electron chi connectivity index (χ3n) is 11.3. The van der Waals surface area contributed by atoms with Crippen molar-refractivity contribution >= 4 is 99.0 Å². The first-order valence-electron chi connectivity index (χ1n) is 19.1. The summed E-state index contributed by atoms with van der Waals surface area (Å²) in [5.74, 6) is 0. The monoisotopic (exact) mass is 751 g/mol. The van der Waals surface area contributed by atoms with Gasteiger partial charge in [0.2, 0.25) is 0 Å².